The number of hydrogen-bond donors (Lipinski definition) is 1. The maximum atomic E-state index is 10.7. The number of thiophene rings is 1. The molecule has 1 N–H and O–H groups in total. The highest BCUT2D eigenvalue weighted by atomic mass is 79.9. The molecule has 0 aromatic carbocycles. The van der Waals surface area contributed by atoms with Crippen molar-refractivity contribution >= 4 is 33.2 Å². The molecule has 13 heavy (non-hydrogen) atoms. The summed E-state index contributed by atoms with van der Waals surface area (Å²) in [6.45, 7) is 4.20. The molecule has 0 aliphatic carbocycles. The summed E-state index contributed by atoms with van der Waals surface area (Å²) in [7, 11) is 0. The monoisotopic (exact) mass is 262 g/mol. The summed E-state index contributed by atoms with van der Waals surface area (Å²) in [5.74, 6) is -0.424. The molecule has 1 rings (SSSR count). The first-order valence-electron chi connectivity index (χ1n) is 4.08. The normalized spacial score (nSPS) is 12.8. The zero-order valence-electron chi connectivity index (χ0n) is 7.50. The van der Waals surface area contributed by atoms with Gasteiger partial charge < -0.3 is 5.11 Å². The van der Waals surface area contributed by atoms with Crippen molar-refractivity contribution in [1.29, 1.82) is 0 Å². The predicted molar refractivity (Wildman–Crippen MR) is 57.7 cm³/mol. The van der Waals surface area contributed by atoms with Gasteiger partial charge in [-0.2, -0.15) is 0 Å². The first-order valence-corrected chi connectivity index (χ1v) is 5.69. The lowest BCUT2D eigenvalue weighted by Crippen LogP contribution is -1.94. The lowest BCUT2D eigenvalue weighted by molar-refractivity contribution is 0.0696. The molecule has 1 unspecified atom stereocenters. The second-order valence-electron chi connectivity index (χ2n) is 2.95. The number of hydrogen-bond acceptors (Lipinski definition) is 2. The van der Waals surface area contributed by atoms with Gasteiger partial charge in [-0.15, -0.1) is 11.3 Å². The molecule has 4 heteroatoms. The fraction of sp³-hybridized carbons (Fsp3) is 0.444. The van der Waals surface area contributed by atoms with Gasteiger partial charge in [0.25, 0.3) is 0 Å². The molecule has 2 nitrogen and oxygen atoms in total. The van der Waals surface area contributed by atoms with Crippen LogP contribution in [-0.4, -0.2) is 11.1 Å². The van der Waals surface area contributed by atoms with Crippen LogP contribution >= 0.6 is 27.3 Å². The molecule has 0 saturated carbocycles. The van der Waals surface area contributed by atoms with Gasteiger partial charge in [0.1, 0.15) is 0 Å². The number of carboxylic acids is 1. The Hall–Kier alpha value is -0.350. The van der Waals surface area contributed by atoms with Crippen LogP contribution in [-0.2, 0) is 0 Å². The molecule has 0 aliphatic heterocycles. The van der Waals surface area contributed by atoms with Crippen LogP contribution in [0.15, 0.2) is 9.85 Å². The summed E-state index contributed by atoms with van der Waals surface area (Å²) >= 11 is 4.76. The Morgan fingerprint density at radius 2 is 2.38 bits per heavy atom. The summed E-state index contributed by atoms with van der Waals surface area (Å²) < 4.78 is 0.718. The third-order valence-electron chi connectivity index (χ3n) is 2.03. The quantitative estimate of drug-likeness (QED) is 0.902. The van der Waals surface area contributed by atoms with E-state index in [1.54, 1.807) is 6.07 Å². The third-order valence-corrected chi connectivity index (χ3v) is 4.10. The second-order valence-corrected chi connectivity index (χ2v) is 5.35. The van der Waals surface area contributed by atoms with Gasteiger partial charge in [-0.3, -0.25) is 0 Å². The van der Waals surface area contributed by atoms with Crippen molar-refractivity contribution < 1.29 is 9.90 Å². The summed E-state index contributed by atoms with van der Waals surface area (Å²) in [6.07, 6.45) is 1.03. The molecule has 0 radical (unpaired) electrons. The van der Waals surface area contributed by atoms with Crippen molar-refractivity contribution in [3.63, 3.8) is 0 Å². The van der Waals surface area contributed by atoms with E-state index in [2.05, 4.69) is 29.8 Å². The summed E-state index contributed by atoms with van der Waals surface area (Å²) in [6, 6.07) is 1.76. The smallest absolute Gasteiger partial charge is 0.337 e. The number of carbonyl (C=O) groups is 1. The van der Waals surface area contributed by atoms with E-state index in [4.69, 9.17) is 5.11 Å². The number of carboxylic acid groups (broad SMARTS) is 1. The molecule has 72 valence electrons. The molecule has 1 aromatic rings. The van der Waals surface area contributed by atoms with Gasteiger partial charge in [0.15, 0.2) is 0 Å². The minimum absolute atomic E-state index is 0.375. The van der Waals surface area contributed by atoms with E-state index >= 15 is 0 Å². The predicted octanol–water partition coefficient (Wildman–Crippen LogP) is 3.72. The van der Waals surface area contributed by atoms with Crippen molar-refractivity contribution in [1.82, 2.24) is 0 Å². The number of halogens is 1. The minimum atomic E-state index is -0.863. The highest BCUT2D eigenvalue weighted by Crippen LogP contribution is 2.33. The van der Waals surface area contributed by atoms with Gasteiger partial charge in [-0.05, 0) is 34.3 Å². The van der Waals surface area contributed by atoms with Crippen LogP contribution in [0.5, 0.6) is 0 Å². The lowest BCUT2D eigenvalue weighted by atomic mass is 10.1. The van der Waals surface area contributed by atoms with E-state index in [1.165, 1.54) is 11.3 Å². The van der Waals surface area contributed by atoms with Crippen LogP contribution in [0.4, 0.5) is 0 Å². The lowest BCUT2D eigenvalue weighted by Gasteiger charge is -2.02. The van der Waals surface area contributed by atoms with Crippen molar-refractivity contribution in [3.05, 3.63) is 20.3 Å². The summed E-state index contributed by atoms with van der Waals surface area (Å²) in [4.78, 5) is 11.9. The topological polar surface area (TPSA) is 37.3 Å². The van der Waals surface area contributed by atoms with Crippen LogP contribution in [0.1, 0.15) is 41.4 Å². The SMILES string of the molecule is CCC(C)c1cc(C(=O)O)c(Br)s1. The van der Waals surface area contributed by atoms with Crippen LogP contribution in [0.3, 0.4) is 0 Å². The Kier molecular flexibility index (Phi) is 3.50. The number of rotatable bonds is 3. The van der Waals surface area contributed by atoms with E-state index in [-0.39, 0.29) is 0 Å². The van der Waals surface area contributed by atoms with Crippen molar-refractivity contribution in [2.45, 2.75) is 26.2 Å². The maximum Gasteiger partial charge on any atom is 0.337 e. The molecular weight excluding hydrogens is 252 g/mol. The minimum Gasteiger partial charge on any atom is -0.478 e. The largest absolute Gasteiger partial charge is 0.478 e. The first kappa shape index (κ1) is 10.7. The van der Waals surface area contributed by atoms with E-state index in [1.807, 2.05) is 0 Å². The second kappa shape index (κ2) is 4.24. The molecule has 0 saturated heterocycles. The summed E-state index contributed by atoms with van der Waals surface area (Å²) in [5.41, 5.74) is 0.375. The average molecular weight is 263 g/mol. The van der Waals surface area contributed by atoms with Gasteiger partial charge in [0, 0.05) is 4.88 Å². The molecule has 0 bridgehead atoms. The van der Waals surface area contributed by atoms with Gasteiger partial charge in [-0.1, -0.05) is 13.8 Å². The standard InChI is InChI=1S/C9H11BrO2S/c1-3-5(2)7-4-6(9(11)12)8(10)13-7/h4-5H,3H2,1-2H3,(H,11,12). The van der Waals surface area contributed by atoms with Crippen molar-refractivity contribution in [2.24, 2.45) is 0 Å². The highest BCUT2D eigenvalue weighted by molar-refractivity contribution is 9.11. The molecule has 1 heterocycles. The van der Waals surface area contributed by atoms with Crippen LogP contribution in [0.2, 0.25) is 0 Å². The van der Waals surface area contributed by atoms with Crippen LogP contribution in [0.25, 0.3) is 0 Å². The molecule has 0 fully saturated rings. The molecular formula is C9H11BrO2S. The Bertz CT molecular complexity index is 319. The Labute approximate surface area is 89.7 Å². The first-order chi connectivity index (χ1) is 6.06. The highest BCUT2D eigenvalue weighted by Gasteiger charge is 2.15. The molecule has 1 aromatic heterocycles. The van der Waals surface area contributed by atoms with Crippen molar-refractivity contribution in [2.75, 3.05) is 0 Å². The molecule has 0 amide bonds. The van der Waals surface area contributed by atoms with Gasteiger partial charge in [0.05, 0.1) is 9.35 Å². The molecule has 0 aliphatic rings. The number of aromatic carboxylic acids is 1. The fourth-order valence-electron chi connectivity index (χ4n) is 0.977. The van der Waals surface area contributed by atoms with Gasteiger partial charge in [0.2, 0.25) is 0 Å². The molecule has 1 atom stereocenters. The Morgan fingerprint density at radius 1 is 1.77 bits per heavy atom. The van der Waals surface area contributed by atoms with E-state index in [0.717, 1.165) is 15.1 Å². The average Bonchev–Trinajstić information content (AvgIpc) is 2.46. The Morgan fingerprint density at radius 3 is 2.77 bits per heavy atom. The van der Waals surface area contributed by atoms with E-state index in [9.17, 15) is 4.79 Å². The van der Waals surface area contributed by atoms with E-state index < -0.39 is 5.97 Å². The maximum absolute atomic E-state index is 10.7. The van der Waals surface area contributed by atoms with Gasteiger partial charge >= 0.3 is 5.97 Å². The zero-order valence-corrected chi connectivity index (χ0v) is 9.91. The third kappa shape index (κ3) is 2.31. The fourth-order valence-corrected chi connectivity index (χ4v) is 2.83. The van der Waals surface area contributed by atoms with Crippen LogP contribution in [0, 0.1) is 0 Å². The Balaban J connectivity index is 3.01. The zero-order chi connectivity index (χ0) is 10.0. The summed E-state index contributed by atoms with van der Waals surface area (Å²) in [5, 5.41) is 8.81. The van der Waals surface area contributed by atoms with E-state index in [0.29, 0.717) is 11.5 Å². The molecule has 0 spiro atoms. The van der Waals surface area contributed by atoms with Crippen molar-refractivity contribution in [3.8, 4) is 0 Å². The van der Waals surface area contributed by atoms with Gasteiger partial charge in [-0.25, -0.2) is 4.79 Å². The van der Waals surface area contributed by atoms with Crippen LogP contribution < -0.4 is 0 Å².